The number of aromatic amines is 1. The Labute approximate surface area is 150 Å². The highest BCUT2D eigenvalue weighted by Crippen LogP contribution is 2.38. The average molecular weight is 446 g/mol. The van der Waals surface area contributed by atoms with E-state index in [1.54, 1.807) is 35.7 Å². The van der Waals surface area contributed by atoms with Crippen LogP contribution in [0.4, 0.5) is 19.3 Å². The lowest BCUT2D eigenvalue weighted by molar-refractivity contribution is -0.122. The van der Waals surface area contributed by atoms with Gasteiger partial charge < -0.3 is 4.90 Å². The number of imide groups is 1. The summed E-state index contributed by atoms with van der Waals surface area (Å²) in [5, 5.41) is 6.47. The number of hydrogen-bond acceptors (Lipinski definition) is 3. The average Bonchev–Trinajstić information content (AvgIpc) is 3.02. The number of benzene rings is 1. The van der Waals surface area contributed by atoms with E-state index in [2.05, 4.69) is 10.2 Å². The van der Waals surface area contributed by atoms with Crippen LogP contribution in [-0.2, 0) is 10.3 Å². The van der Waals surface area contributed by atoms with Crippen molar-refractivity contribution in [3.8, 4) is 0 Å². The van der Waals surface area contributed by atoms with Crippen LogP contribution in [0.15, 0.2) is 24.5 Å². The van der Waals surface area contributed by atoms with Gasteiger partial charge in [0.2, 0.25) is 5.91 Å². The van der Waals surface area contributed by atoms with Gasteiger partial charge in [-0.3, -0.25) is 9.89 Å². The fourth-order valence-corrected chi connectivity index (χ4v) is 3.32. The van der Waals surface area contributed by atoms with E-state index in [1.807, 2.05) is 0 Å². The van der Waals surface area contributed by atoms with E-state index in [4.69, 9.17) is 0 Å². The number of urea groups is 1. The van der Waals surface area contributed by atoms with Gasteiger partial charge in [0.1, 0.15) is 5.69 Å². The number of carbonyl (C=O) groups is 2. The zero-order chi connectivity index (χ0) is 17.6. The Morgan fingerprint density at radius 1 is 1.29 bits per heavy atom. The Balaban J connectivity index is 2.06. The third kappa shape index (κ3) is 2.46. The number of hydrogen-bond donors (Lipinski definition) is 1. The van der Waals surface area contributed by atoms with Crippen LogP contribution in [0.25, 0.3) is 0 Å². The van der Waals surface area contributed by atoms with Crippen LogP contribution in [0.2, 0.25) is 0 Å². The molecule has 3 rings (SSSR count). The minimum Gasteiger partial charge on any atom is -0.317 e. The first-order valence-corrected chi connectivity index (χ1v) is 8.08. The quantitative estimate of drug-likeness (QED) is 0.722. The van der Waals surface area contributed by atoms with Gasteiger partial charge in [-0.1, -0.05) is 0 Å². The molecule has 1 saturated heterocycles. The third-order valence-electron chi connectivity index (χ3n) is 4.29. The van der Waals surface area contributed by atoms with Gasteiger partial charge in [-0.15, -0.1) is 0 Å². The van der Waals surface area contributed by atoms with Crippen LogP contribution >= 0.6 is 22.6 Å². The summed E-state index contributed by atoms with van der Waals surface area (Å²) in [5.74, 6) is -2.59. The molecule has 0 aliphatic carbocycles. The molecule has 1 aromatic carbocycles. The summed E-state index contributed by atoms with van der Waals surface area (Å²) >= 11 is 1.76. The Morgan fingerprint density at radius 3 is 2.46 bits per heavy atom. The molecule has 2 aromatic rings. The second-order valence-electron chi connectivity index (χ2n) is 5.73. The molecule has 1 N–H and O–H groups in total. The highest BCUT2D eigenvalue weighted by atomic mass is 127. The lowest BCUT2D eigenvalue weighted by Gasteiger charge is -2.45. The van der Waals surface area contributed by atoms with Gasteiger partial charge in [0.15, 0.2) is 11.6 Å². The van der Waals surface area contributed by atoms with Crippen LogP contribution in [0.5, 0.6) is 0 Å². The van der Waals surface area contributed by atoms with Crippen molar-refractivity contribution < 1.29 is 18.4 Å². The second kappa shape index (κ2) is 5.80. The molecule has 1 atom stereocenters. The predicted molar refractivity (Wildman–Crippen MR) is 90.3 cm³/mol. The first-order chi connectivity index (χ1) is 11.3. The molecule has 0 saturated carbocycles. The molecule has 0 bridgehead atoms. The SMILES string of the molecule is CN1C(=O)N(c2c(F)cc(I)cc2F)C(=O)CC1(C)c1cn[nH]c1. The van der Waals surface area contributed by atoms with Crippen molar-refractivity contribution in [1.82, 2.24) is 15.1 Å². The standard InChI is InChI=1S/C15H13F2IN4O2/c1-15(8-6-19-20-7-8)5-12(23)22(14(24)21(15)2)13-10(16)3-9(18)4-11(13)17/h3-4,6-7H,5H2,1-2H3,(H,19,20). The Hall–Kier alpha value is -2.04. The molecule has 0 spiro atoms. The molecule has 3 amide bonds. The highest BCUT2D eigenvalue weighted by molar-refractivity contribution is 14.1. The lowest BCUT2D eigenvalue weighted by Crippen LogP contribution is -2.60. The fourth-order valence-electron chi connectivity index (χ4n) is 2.77. The van der Waals surface area contributed by atoms with Gasteiger partial charge in [-0.05, 0) is 41.6 Å². The summed E-state index contributed by atoms with van der Waals surface area (Å²) in [6, 6.07) is 1.35. The summed E-state index contributed by atoms with van der Waals surface area (Å²) in [7, 11) is 1.48. The van der Waals surface area contributed by atoms with E-state index in [0.717, 1.165) is 12.1 Å². The lowest BCUT2D eigenvalue weighted by atomic mass is 9.87. The van der Waals surface area contributed by atoms with Gasteiger partial charge in [-0.2, -0.15) is 5.10 Å². The van der Waals surface area contributed by atoms with Gasteiger partial charge in [0.05, 0.1) is 18.2 Å². The molecular weight excluding hydrogens is 433 g/mol. The van der Waals surface area contributed by atoms with Crippen LogP contribution in [0.3, 0.4) is 0 Å². The molecule has 6 nitrogen and oxygen atoms in total. The van der Waals surface area contributed by atoms with Gasteiger partial charge >= 0.3 is 6.03 Å². The zero-order valence-electron chi connectivity index (χ0n) is 12.8. The van der Waals surface area contributed by atoms with E-state index in [0.29, 0.717) is 14.0 Å². The minimum absolute atomic E-state index is 0.125. The van der Waals surface area contributed by atoms with Crippen molar-refractivity contribution in [2.24, 2.45) is 0 Å². The van der Waals surface area contributed by atoms with Gasteiger partial charge in [0, 0.05) is 22.4 Å². The molecule has 1 unspecified atom stereocenters. The first kappa shape index (κ1) is 16.8. The van der Waals surface area contributed by atoms with Crippen molar-refractivity contribution in [2.45, 2.75) is 18.9 Å². The smallest absolute Gasteiger partial charge is 0.317 e. The Morgan fingerprint density at radius 2 is 1.92 bits per heavy atom. The van der Waals surface area contributed by atoms with Crippen LogP contribution in [-0.4, -0.2) is 34.1 Å². The number of aromatic nitrogens is 2. The minimum atomic E-state index is -0.957. The fraction of sp³-hybridized carbons (Fsp3) is 0.267. The third-order valence-corrected chi connectivity index (χ3v) is 4.91. The molecule has 24 heavy (non-hydrogen) atoms. The van der Waals surface area contributed by atoms with E-state index < -0.39 is 34.8 Å². The highest BCUT2D eigenvalue weighted by Gasteiger charge is 2.48. The molecule has 9 heteroatoms. The van der Waals surface area contributed by atoms with E-state index in [9.17, 15) is 18.4 Å². The number of nitrogens with zero attached hydrogens (tertiary/aromatic N) is 3. The number of nitrogens with one attached hydrogen (secondary N) is 1. The van der Waals surface area contributed by atoms with E-state index in [1.165, 1.54) is 18.1 Å². The normalized spacial score (nSPS) is 21.5. The molecule has 126 valence electrons. The van der Waals surface area contributed by atoms with Gasteiger partial charge in [-0.25, -0.2) is 18.5 Å². The molecule has 1 fully saturated rings. The van der Waals surface area contributed by atoms with Crippen LogP contribution in [0, 0.1) is 15.2 Å². The number of anilines is 1. The molecule has 2 heterocycles. The summed E-state index contributed by atoms with van der Waals surface area (Å²) in [4.78, 5) is 27.1. The molecule has 0 radical (unpaired) electrons. The molecule has 1 aromatic heterocycles. The molecule has 1 aliphatic heterocycles. The monoisotopic (exact) mass is 446 g/mol. The largest absolute Gasteiger partial charge is 0.332 e. The van der Waals surface area contributed by atoms with Crippen molar-refractivity contribution in [1.29, 1.82) is 0 Å². The maximum absolute atomic E-state index is 14.2. The summed E-state index contributed by atoms with van der Waals surface area (Å²) in [5.41, 5.74) is -0.963. The number of halogens is 3. The van der Waals surface area contributed by atoms with Crippen molar-refractivity contribution in [3.63, 3.8) is 0 Å². The number of carbonyl (C=O) groups excluding carboxylic acids is 2. The number of H-pyrrole nitrogens is 1. The predicted octanol–water partition coefficient (Wildman–Crippen LogP) is 3.00. The van der Waals surface area contributed by atoms with E-state index in [-0.39, 0.29) is 6.42 Å². The molecule has 1 aliphatic rings. The van der Waals surface area contributed by atoms with Crippen LogP contribution < -0.4 is 4.90 Å². The number of amides is 3. The number of rotatable bonds is 2. The maximum Gasteiger partial charge on any atom is 0.332 e. The van der Waals surface area contributed by atoms with E-state index >= 15 is 0 Å². The topological polar surface area (TPSA) is 69.3 Å². The van der Waals surface area contributed by atoms with Crippen molar-refractivity contribution in [3.05, 3.63) is 45.3 Å². The Bertz CT molecular complexity index is 804. The van der Waals surface area contributed by atoms with Crippen molar-refractivity contribution in [2.75, 3.05) is 11.9 Å². The second-order valence-corrected chi connectivity index (χ2v) is 6.97. The van der Waals surface area contributed by atoms with Crippen molar-refractivity contribution >= 4 is 40.2 Å². The summed E-state index contributed by atoms with van der Waals surface area (Å²) in [6.07, 6.45) is 2.97. The first-order valence-electron chi connectivity index (χ1n) is 7.00. The van der Waals surface area contributed by atoms with Gasteiger partial charge in [0.25, 0.3) is 0 Å². The zero-order valence-corrected chi connectivity index (χ0v) is 15.0. The summed E-state index contributed by atoms with van der Waals surface area (Å²) < 4.78 is 28.8. The summed E-state index contributed by atoms with van der Waals surface area (Å²) in [6.45, 7) is 1.70. The van der Waals surface area contributed by atoms with Crippen LogP contribution in [0.1, 0.15) is 18.9 Å². The molecular formula is C15H13F2IN4O2. The Kier molecular flexibility index (Phi) is 4.06. The maximum atomic E-state index is 14.2.